The fraction of sp³-hybridized carbons (Fsp3) is 0.312. The van der Waals surface area contributed by atoms with Crippen LogP contribution >= 0.6 is 0 Å². The van der Waals surface area contributed by atoms with Gasteiger partial charge in [0.15, 0.2) is 0 Å². The second kappa shape index (κ2) is 6.80. The molecule has 1 aromatic carbocycles. The van der Waals surface area contributed by atoms with Crippen molar-refractivity contribution in [1.29, 1.82) is 0 Å². The maximum atomic E-state index is 5.86. The van der Waals surface area contributed by atoms with Crippen LogP contribution in [-0.2, 0) is 13.0 Å². The zero-order valence-electron chi connectivity index (χ0n) is 12.0. The summed E-state index contributed by atoms with van der Waals surface area (Å²) in [6.07, 6.45) is 2.81. The Morgan fingerprint density at radius 1 is 1.25 bits per heavy atom. The number of anilines is 2. The van der Waals surface area contributed by atoms with Crippen LogP contribution in [0.5, 0.6) is 5.75 Å². The Kier molecular flexibility index (Phi) is 4.82. The van der Waals surface area contributed by atoms with E-state index in [9.17, 15) is 0 Å². The normalized spacial score (nSPS) is 10.3. The van der Waals surface area contributed by atoms with Crippen molar-refractivity contribution in [1.82, 2.24) is 4.98 Å². The minimum atomic E-state index is 0.605. The van der Waals surface area contributed by atoms with Crippen LogP contribution in [0.15, 0.2) is 36.5 Å². The SMILES string of the molecule is CCOc1cc(NCc2ncccc2CC)ccc1N. The van der Waals surface area contributed by atoms with E-state index in [1.807, 2.05) is 37.4 Å². The van der Waals surface area contributed by atoms with Crippen LogP contribution in [0.3, 0.4) is 0 Å². The molecule has 2 rings (SSSR count). The van der Waals surface area contributed by atoms with Crippen LogP contribution in [0, 0.1) is 0 Å². The van der Waals surface area contributed by atoms with Gasteiger partial charge in [-0.3, -0.25) is 4.98 Å². The fourth-order valence-electron chi connectivity index (χ4n) is 2.06. The molecule has 2 aromatic rings. The first kappa shape index (κ1) is 14.2. The quantitative estimate of drug-likeness (QED) is 0.792. The minimum absolute atomic E-state index is 0.605. The molecule has 0 aliphatic heterocycles. The van der Waals surface area contributed by atoms with Gasteiger partial charge in [0.25, 0.3) is 0 Å². The Bertz CT molecular complexity index is 569. The molecule has 106 valence electrons. The van der Waals surface area contributed by atoms with E-state index in [0.717, 1.165) is 17.8 Å². The monoisotopic (exact) mass is 271 g/mol. The molecule has 0 unspecified atom stereocenters. The smallest absolute Gasteiger partial charge is 0.144 e. The number of benzene rings is 1. The molecule has 0 saturated heterocycles. The highest BCUT2D eigenvalue weighted by molar-refractivity contribution is 5.61. The molecular weight excluding hydrogens is 250 g/mol. The third kappa shape index (κ3) is 3.41. The summed E-state index contributed by atoms with van der Waals surface area (Å²) in [4.78, 5) is 4.42. The van der Waals surface area contributed by atoms with E-state index in [1.54, 1.807) is 0 Å². The molecule has 4 nitrogen and oxygen atoms in total. The summed E-state index contributed by atoms with van der Waals surface area (Å²) in [6.45, 7) is 5.38. The van der Waals surface area contributed by atoms with E-state index >= 15 is 0 Å². The lowest BCUT2D eigenvalue weighted by molar-refractivity contribution is 0.342. The molecule has 3 N–H and O–H groups in total. The summed E-state index contributed by atoms with van der Waals surface area (Å²) in [5.41, 5.74) is 9.84. The molecule has 0 saturated carbocycles. The van der Waals surface area contributed by atoms with Crippen molar-refractivity contribution in [3.63, 3.8) is 0 Å². The van der Waals surface area contributed by atoms with Crippen molar-refractivity contribution in [2.24, 2.45) is 0 Å². The van der Waals surface area contributed by atoms with Crippen molar-refractivity contribution in [3.8, 4) is 5.75 Å². The summed E-state index contributed by atoms with van der Waals surface area (Å²) < 4.78 is 5.49. The second-order valence-corrected chi connectivity index (χ2v) is 4.50. The highest BCUT2D eigenvalue weighted by atomic mass is 16.5. The summed E-state index contributed by atoms with van der Waals surface area (Å²) in [5.74, 6) is 0.717. The van der Waals surface area contributed by atoms with Gasteiger partial charge in [0.2, 0.25) is 0 Å². The molecule has 4 heteroatoms. The van der Waals surface area contributed by atoms with Gasteiger partial charge in [0, 0.05) is 18.0 Å². The zero-order valence-corrected chi connectivity index (χ0v) is 12.0. The molecule has 0 aliphatic rings. The average Bonchev–Trinajstić information content (AvgIpc) is 2.48. The summed E-state index contributed by atoms with van der Waals surface area (Å²) in [6, 6.07) is 9.81. The Morgan fingerprint density at radius 3 is 2.85 bits per heavy atom. The van der Waals surface area contributed by atoms with Crippen LogP contribution in [0.1, 0.15) is 25.1 Å². The van der Waals surface area contributed by atoms with Crippen LogP contribution in [-0.4, -0.2) is 11.6 Å². The summed E-state index contributed by atoms with van der Waals surface area (Å²) in [5, 5.41) is 3.36. The Labute approximate surface area is 120 Å². The molecule has 1 heterocycles. The number of rotatable bonds is 6. The van der Waals surface area contributed by atoms with Crippen molar-refractivity contribution >= 4 is 11.4 Å². The largest absolute Gasteiger partial charge is 0.492 e. The van der Waals surface area contributed by atoms with Gasteiger partial charge in [-0.15, -0.1) is 0 Å². The van der Waals surface area contributed by atoms with E-state index in [2.05, 4.69) is 23.3 Å². The van der Waals surface area contributed by atoms with Crippen molar-refractivity contribution in [2.75, 3.05) is 17.7 Å². The highest BCUT2D eigenvalue weighted by Crippen LogP contribution is 2.25. The number of nitrogens with two attached hydrogens (primary N) is 1. The van der Waals surface area contributed by atoms with E-state index < -0.39 is 0 Å². The number of aromatic nitrogens is 1. The predicted molar refractivity (Wildman–Crippen MR) is 83.0 cm³/mol. The Hall–Kier alpha value is -2.23. The topological polar surface area (TPSA) is 60.2 Å². The number of nitrogens with zero attached hydrogens (tertiary/aromatic N) is 1. The van der Waals surface area contributed by atoms with Crippen molar-refractivity contribution < 1.29 is 4.74 Å². The van der Waals surface area contributed by atoms with E-state index in [0.29, 0.717) is 24.6 Å². The third-order valence-electron chi connectivity index (χ3n) is 3.14. The zero-order chi connectivity index (χ0) is 14.4. The molecule has 1 aromatic heterocycles. The Morgan fingerprint density at radius 2 is 2.10 bits per heavy atom. The number of ether oxygens (including phenoxy) is 1. The molecule has 0 fully saturated rings. The number of hydrogen-bond acceptors (Lipinski definition) is 4. The van der Waals surface area contributed by atoms with Crippen LogP contribution in [0.2, 0.25) is 0 Å². The predicted octanol–water partition coefficient (Wildman–Crippen LogP) is 3.24. The summed E-state index contributed by atoms with van der Waals surface area (Å²) >= 11 is 0. The van der Waals surface area contributed by atoms with E-state index in [4.69, 9.17) is 10.5 Å². The fourth-order valence-corrected chi connectivity index (χ4v) is 2.06. The molecular formula is C16H21N3O. The molecule has 0 radical (unpaired) electrons. The number of aryl methyl sites for hydroxylation is 1. The van der Waals surface area contributed by atoms with Gasteiger partial charge in [-0.1, -0.05) is 13.0 Å². The van der Waals surface area contributed by atoms with Gasteiger partial charge in [0.1, 0.15) is 5.75 Å². The molecule has 0 atom stereocenters. The molecule has 0 aliphatic carbocycles. The first-order valence-corrected chi connectivity index (χ1v) is 6.93. The van der Waals surface area contributed by atoms with Gasteiger partial charge in [-0.05, 0) is 37.1 Å². The first-order chi connectivity index (χ1) is 9.74. The van der Waals surface area contributed by atoms with Gasteiger partial charge in [0.05, 0.1) is 24.5 Å². The van der Waals surface area contributed by atoms with Crippen molar-refractivity contribution in [3.05, 3.63) is 47.8 Å². The lowest BCUT2D eigenvalue weighted by Crippen LogP contribution is -2.05. The van der Waals surface area contributed by atoms with Crippen molar-refractivity contribution in [2.45, 2.75) is 26.8 Å². The average molecular weight is 271 g/mol. The standard InChI is InChI=1S/C16H21N3O/c1-3-12-6-5-9-18-15(12)11-19-13-7-8-14(17)16(10-13)20-4-2/h5-10,19H,3-4,11,17H2,1-2H3. The molecule has 0 bridgehead atoms. The summed E-state index contributed by atoms with van der Waals surface area (Å²) in [7, 11) is 0. The maximum Gasteiger partial charge on any atom is 0.144 e. The highest BCUT2D eigenvalue weighted by Gasteiger charge is 2.04. The Balaban J connectivity index is 2.09. The van der Waals surface area contributed by atoms with E-state index in [-0.39, 0.29) is 0 Å². The third-order valence-corrected chi connectivity index (χ3v) is 3.14. The second-order valence-electron chi connectivity index (χ2n) is 4.50. The molecule has 0 spiro atoms. The van der Waals surface area contributed by atoms with Gasteiger partial charge < -0.3 is 15.8 Å². The number of hydrogen-bond donors (Lipinski definition) is 2. The number of nitrogens with one attached hydrogen (secondary N) is 1. The van der Waals surface area contributed by atoms with Gasteiger partial charge in [-0.25, -0.2) is 0 Å². The minimum Gasteiger partial charge on any atom is -0.492 e. The lowest BCUT2D eigenvalue weighted by atomic mass is 10.1. The maximum absolute atomic E-state index is 5.86. The molecule has 0 amide bonds. The van der Waals surface area contributed by atoms with Crippen LogP contribution < -0.4 is 15.8 Å². The number of pyridine rings is 1. The number of nitrogen functional groups attached to an aromatic ring is 1. The van der Waals surface area contributed by atoms with Gasteiger partial charge in [-0.2, -0.15) is 0 Å². The first-order valence-electron chi connectivity index (χ1n) is 6.93. The molecule has 20 heavy (non-hydrogen) atoms. The van der Waals surface area contributed by atoms with Crippen LogP contribution in [0.4, 0.5) is 11.4 Å². The lowest BCUT2D eigenvalue weighted by Gasteiger charge is -2.12. The van der Waals surface area contributed by atoms with Crippen LogP contribution in [0.25, 0.3) is 0 Å². The van der Waals surface area contributed by atoms with E-state index in [1.165, 1.54) is 5.56 Å². The van der Waals surface area contributed by atoms with Gasteiger partial charge >= 0.3 is 0 Å².